The van der Waals surface area contributed by atoms with E-state index in [-0.39, 0.29) is 28.3 Å². The third kappa shape index (κ3) is 3.81. The molecule has 2 fully saturated rings. The summed E-state index contributed by atoms with van der Waals surface area (Å²) in [7, 11) is 3.54. The number of thiophene rings is 1. The van der Waals surface area contributed by atoms with Crippen molar-refractivity contribution in [2.45, 2.75) is 24.0 Å². The molecule has 0 spiro atoms. The third-order valence-corrected chi connectivity index (χ3v) is 8.33. The van der Waals surface area contributed by atoms with E-state index < -0.39 is 5.82 Å². The number of methoxy groups -OCH3 is 1. The first-order valence-corrected chi connectivity index (χ1v) is 12.3. The Morgan fingerprint density at radius 1 is 1.38 bits per heavy atom. The van der Waals surface area contributed by atoms with E-state index in [1.807, 2.05) is 12.1 Å². The predicted molar refractivity (Wildman–Crippen MR) is 123 cm³/mol. The number of fused-ring (bicyclic) bond motifs is 3. The average Bonchev–Trinajstić information content (AvgIpc) is 3.37. The van der Waals surface area contributed by atoms with Crippen molar-refractivity contribution < 1.29 is 18.7 Å². The van der Waals surface area contributed by atoms with Gasteiger partial charge in [-0.1, -0.05) is 11.8 Å². The minimum Gasteiger partial charge on any atom is -0.494 e. The highest BCUT2D eigenvalue weighted by Crippen LogP contribution is 2.45. The molecule has 0 saturated carbocycles. The summed E-state index contributed by atoms with van der Waals surface area (Å²) < 4.78 is 26.2. The number of hydrogen-bond acceptors (Lipinski definition) is 8. The molecule has 2 aliphatic rings. The third-order valence-electron chi connectivity index (χ3n) is 6.04. The van der Waals surface area contributed by atoms with Gasteiger partial charge in [0.15, 0.2) is 17.3 Å². The second-order valence-electron chi connectivity index (χ2n) is 8.50. The Morgan fingerprint density at radius 3 is 3.03 bits per heavy atom. The topological polar surface area (TPSA) is 64.5 Å². The molecule has 2 saturated heterocycles. The van der Waals surface area contributed by atoms with Gasteiger partial charge in [0.05, 0.1) is 35.2 Å². The molecule has 5 rings (SSSR count). The van der Waals surface area contributed by atoms with Crippen LogP contribution in [0.25, 0.3) is 10.9 Å². The first-order chi connectivity index (χ1) is 15.4. The summed E-state index contributed by atoms with van der Waals surface area (Å²) >= 11 is 2.74. The van der Waals surface area contributed by atoms with Crippen LogP contribution in [-0.4, -0.2) is 60.3 Å². The summed E-state index contributed by atoms with van der Waals surface area (Å²) in [5.74, 6) is 0.863. The number of halogens is 1. The van der Waals surface area contributed by atoms with Gasteiger partial charge in [0.25, 0.3) is 0 Å². The molecule has 2 aliphatic heterocycles. The van der Waals surface area contributed by atoms with Gasteiger partial charge in [-0.2, -0.15) is 0 Å². The molecular formula is C23H24FN3O3S2. The molecule has 4 heterocycles. The SMILES string of the molecule is COc1ccc2nc(C)nc(SCC(=O)c3ccc([C@@]45C[C@@H](CO4)CN(C)C5)s3)c2c1F. The summed E-state index contributed by atoms with van der Waals surface area (Å²) in [5, 5.41) is 0.734. The van der Waals surface area contributed by atoms with E-state index >= 15 is 0 Å². The van der Waals surface area contributed by atoms with Gasteiger partial charge in [-0.25, -0.2) is 14.4 Å². The molecular weight excluding hydrogens is 449 g/mol. The van der Waals surface area contributed by atoms with Crippen molar-refractivity contribution in [3.63, 3.8) is 0 Å². The van der Waals surface area contributed by atoms with Gasteiger partial charge in [-0.15, -0.1) is 11.3 Å². The maximum absolute atomic E-state index is 14.9. The van der Waals surface area contributed by atoms with Gasteiger partial charge < -0.3 is 14.4 Å². The van der Waals surface area contributed by atoms with Gasteiger partial charge in [-0.05, 0) is 50.6 Å². The number of benzene rings is 1. The number of likely N-dealkylation sites (tertiary alicyclic amines) is 1. The van der Waals surface area contributed by atoms with Crippen molar-refractivity contribution in [3.05, 3.63) is 45.7 Å². The van der Waals surface area contributed by atoms with Crippen LogP contribution >= 0.6 is 23.1 Å². The van der Waals surface area contributed by atoms with E-state index in [4.69, 9.17) is 9.47 Å². The molecule has 168 valence electrons. The molecule has 0 aliphatic carbocycles. The van der Waals surface area contributed by atoms with Gasteiger partial charge in [-0.3, -0.25) is 4.79 Å². The van der Waals surface area contributed by atoms with Crippen LogP contribution in [-0.2, 0) is 10.3 Å². The number of aryl methyl sites for hydroxylation is 1. The van der Waals surface area contributed by atoms with Gasteiger partial charge in [0, 0.05) is 18.0 Å². The maximum Gasteiger partial charge on any atom is 0.183 e. The normalized spacial score (nSPS) is 23.1. The molecule has 32 heavy (non-hydrogen) atoms. The van der Waals surface area contributed by atoms with E-state index in [1.54, 1.807) is 19.1 Å². The molecule has 2 bridgehead atoms. The lowest BCUT2D eigenvalue weighted by Crippen LogP contribution is -2.43. The van der Waals surface area contributed by atoms with Crippen LogP contribution in [0.5, 0.6) is 5.75 Å². The quantitative estimate of drug-likeness (QED) is 0.300. The van der Waals surface area contributed by atoms with Crippen molar-refractivity contribution in [2.75, 3.05) is 39.6 Å². The monoisotopic (exact) mass is 473 g/mol. The second-order valence-corrected chi connectivity index (χ2v) is 10.5. The van der Waals surface area contributed by atoms with Crippen molar-refractivity contribution in [3.8, 4) is 5.75 Å². The zero-order chi connectivity index (χ0) is 22.5. The summed E-state index contributed by atoms with van der Waals surface area (Å²) in [6, 6.07) is 7.17. The lowest BCUT2D eigenvalue weighted by molar-refractivity contribution is -0.0159. The fourth-order valence-electron chi connectivity index (χ4n) is 4.73. The number of hydrogen-bond donors (Lipinski definition) is 0. The van der Waals surface area contributed by atoms with Crippen LogP contribution < -0.4 is 4.74 Å². The highest BCUT2D eigenvalue weighted by atomic mass is 32.2. The Hall–Kier alpha value is -2.07. The number of nitrogens with zero attached hydrogens (tertiary/aromatic N) is 3. The molecule has 3 aromatic rings. The number of piperidine rings is 1. The van der Waals surface area contributed by atoms with Crippen LogP contribution in [0.3, 0.4) is 0 Å². The van der Waals surface area contributed by atoms with Crippen molar-refractivity contribution >= 4 is 39.8 Å². The average molecular weight is 474 g/mol. The maximum atomic E-state index is 14.9. The van der Waals surface area contributed by atoms with E-state index in [1.165, 1.54) is 30.2 Å². The second kappa shape index (κ2) is 8.37. The number of likely N-dealkylation sites (N-methyl/N-ethyl adjacent to an activating group) is 1. The summed E-state index contributed by atoms with van der Waals surface area (Å²) in [6.45, 7) is 4.44. The first kappa shape index (κ1) is 21.8. The Labute approximate surface area is 194 Å². The fourth-order valence-corrected chi connectivity index (χ4v) is 6.86. The van der Waals surface area contributed by atoms with Crippen LogP contribution in [0.2, 0.25) is 0 Å². The summed E-state index contributed by atoms with van der Waals surface area (Å²) in [6.07, 6.45) is 1.01. The summed E-state index contributed by atoms with van der Waals surface area (Å²) in [4.78, 5) is 25.8. The number of rotatable bonds is 6. The first-order valence-electron chi connectivity index (χ1n) is 10.5. The number of ether oxygens (including phenoxy) is 2. The Morgan fingerprint density at radius 2 is 2.22 bits per heavy atom. The van der Waals surface area contributed by atoms with Crippen molar-refractivity contribution in [1.82, 2.24) is 14.9 Å². The molecule has 2 aromatic heterocycles. The molecule has 0 N–H and O–H groups in total. The minimum absolute atomic E-state index is 0.00548. The standard InChI is InChI=1S/C23H24FN3O3S2/c1-13-25-15-4-5-17(29-3)21(24)20(15)22(26-13)31-11-16(28)18-6-7-19(32-18)23-8-14(10-30-23)9-27(2)12-23/h4-7,14H,8-12H2,1-3H3/t14-,23+/m1/s1. The van der Waals surface area contributed by atoms with Gasteiger partial charge in [0.1, 0.15) is 16.5 Å². The number of Topliss-reactive ketones (excluding diaryl/α,β-unsaturated/α-hetero) is 1. The largest absolute Gasteiger partial charge is 0.494 e. The Bertz CT molecular complexity index is 1200. The molecule has 9 heteroatoms. The van der Waals surface area contributed by atoms with Crippen LogP contribution in [0, 0.1) is 18.7 Å². The van der Waals surface area contributed by atoms with Crippen molar-refractivity contribution in [2.24, 2.45) is 5.92 Å². The van der Waals surface area contributed by atoms with E-state index in [2.05, 4.69) is 21.9 Å². The number of carbonyl (C=O) groups excluding carboxylic acids is 1. The Kier molecular flexibility index (Phi) is 5.69. The van der Waals surface area contributed by atoms with Crippen LogP contribution in [0.4, 0.5) is 4.39 Å². The number of ketones is 1. The lowest BCUT2D eigenvalue weighted by atomic mass is 9.88. The molecule has 0 radical (unpaired) electrons. The molecule has 0 unspecified atom stereocenters. The fraction of sp³-hybridized carbons (Fsp3) is 0.435. The highest BCUT2D eigenvalue weighted by Gasteiger charge is 2.47. The highest BCUT2D eigenvalue weighted by molar-refractivity contribution is 8.00. The van der Waals surface area contributed by atoms with E-state index in [9.17, 15) is 9.18 Å². The lowest BCUT2D eigenvalue weighted by Gasteiger charge is -2.36. The van der Waals surface area contributed by atoms with Crippen LogP contribution in [0.1, 0.15) is 26.8 Å². The zero-order valence-electron chi connectivity index (χ0n) is 18.2. The summed E-state index contributed by atoms with van der Waals surface area (Å²) in [5.41, 5.74) is 0.200. The van der Waals surface area contributed by atoms with Gasteiger partial charge >= 0.3 is 0 Å². The number of aromatic nitrogens is 2. The van der Waals surface area contributed by atoms with Crippen LogP contribution in [0.15, 0.2) is 29.3 Å². The van der Waals surface area contributed by atoms with Crippen molar-refractivity contribution in [1.29, 1.82) is 0 Å². The predicted octanol–water partition coefficient (Wildman–Crippen LogP) is 4.30. The van der Waals surface area contributed by atoms with Gasteiger partial charge in [0.2, 0.25) is 0 Å². The minimum atomic E-state index is -0.508. The molecule has 0 amide bonds. The van der Waals surface area contributed by atoms with E-state index in [0.29, 0.717) is 27.2 Å². The number of carbonyl (C=O) groups is 1. The molecule has 1 aromatic carbocycles. The Balaban J connectivity index is 1.37. The smallest absolute Gasteiger partial charge is 0.183 e. The molecule has 2 atom stereocenters. The van der Waals surface area contributed by atoms with E-state index in [0.717, 1.165) is 31.0 Å². The zero-order valence-corrected chi connectivity index (χ0v) is 19.8. The number of thioether (sulfide) groups is 1. The molecule has 6 nitrogen and oxygen atoms in total.